The van der Waals surface area contributed by atoms with Gasteiger partial charge in [0.1, 0.15) is 0 Å². The quantitative estimate of drug-likeness (QED) is 0.199. The van der Waals surface area contributed by atoms with Crippen molar-refractivity contribution in [1.82, 2.24) is 0 Å². The molecule has 0 aromatic heterocycles. The fourth-order valence-corrected chi connectivity index (χ4v) is 2.42. The maximum atomic E-state index is 3.88. The molecule has 0 aliphatic rings. The Morgan fingerprint density at radius 1 is 0.571 bits per heavy atom. The molecule has 0 saturated heterocycles. The Labute approximate surface area is 179 Å². The van der Waals surface area contributed by atoms with Gasteiger partial charge in [0, 0.05) is 0 Å². The first-order chi connectivity index (χ1) is 9.41. The summed E-state index contributed by atoms with van der Waals surface area (Å²) in [4.78, 5) is 0. The summed E-state index contributed by atoms with van der Waals surface area (Å²) in [7, 11) is 0. The van der Waals surface area contributed by atoms with Crippen molar-refractivity contribution < 1.29 is 0 Å². The molecular formula is C19H39Na2. The van der Waals surface area contributed by atoms with Gasteiger partial charge in [-0.15, -0.1) is 0 Å². The van der Waals surface area contributed by atoms with Crippen molar-refractivity contribution >= 4 is 59.1 Å². The standard InChI is InChI=1S/C19H37.2Na.2H/c1-3-5-7-9-11-13-15-17-19-18-16-14-12-10-8-6-4-2;;;;/h18-19H,1,3-17H2,2H3;;;;/b19-18-;;;;. The van der Waals surface area contributed by atoms with Gasteiger partial charge in [0.2, 0.25) is 0 Å². The van der Waals surface area contributed by atoms with E-state index in [0.717, 1.165) is 6.42 Å². The molecule has 0 fully saturated rings. The zero-order chi connectivity index (χ0) is 14.0. The van der Waals surface area contributed by atoms with Gasteiger partial charge in [-0.05, 0) is 25.7 Å². The van der Waals surface area contributed by atoms with E-state index in [9.17, 15) is 0 Å². The summed E-state index contributed by atoms with van der Waals surface area (Å²) >= 11 is 0. The minimum absolute atomic E-state index is 0. The molecule has 0 saturated carbocycles. The zero-order valence-corrected chi connectivity index (χ0v) is 13.5. The molecule has 0 rings (SSSR count). The monoisotopic (exact) mass is 313 g/mol. The average molecular weight is 314 g/mol. The Morgan fingerprint density at radius 2 is 0.952 bits per heavy atom. The molecule has 0 spiro atoms. The van der Waals surface area contributed by atoms with Crippen LogP contribution in [-0.2, 0) is 0 Å². The third-order valence-electron chi connectivity index (χ3n) is 3.76. The van der Waals surface area contributed by atoms with Gasteiger partial charge in [0.25, 0.3) is 0 Å². The number of unbranched alkanes of at least 4 members (excludes halogenated alkanes) is 13. The molecule has 1 radical (unpaired) electrons. The first kappa shape index (κ1) is 27.6. The number of hydrogen-bond acceptors (Lipinski definition) is 0. The summed E-state index contributed by atoms with van der Waals surface area (Å²) in [5.41, 5.74) is 0. The van der Waals surface area contributed by atoms with Gasteiger partial charge in [-0.3, -0.25) is 0 Å². The molecular weight excluding hydrogens is 274 g/mol. The van der Waals surface area contributed by atoms with Crippen LogP contribution in [0.2, 0.25) is 0 Å². The van der Waals surface area contributed by atoms with Crippen molar-refractivity contribution in [2.24, 2.45) is 0 Å². The van der Waals surface area contributed by atoms with Gasteiger partial charge in [-0.25, -0.2) is 0 Å². The first-order valence-electron chi connectivity index (χ1n) is 8.86. The van der Waals surface area contributed by atoms with Crippen LogP contribution in [0.25, 0.3) is 0 Å². The van der Waals surface area contributed by atoms with Crippen LogP contribution >= 0.6 is 0 Å². The summed E-state index contributed by atoms with van der Waals surface area (Å²) in [6, 6.07) is 0. The van der Waals surface area contributed by atoms with Gasteiger partial charge < -0.3 is 0 Å². The molecule has 0 heterocycles. The molecule has 117 valence electrons. The van der Waals surface area contributed by atoms with E-state index in [1.165, 1.54) is 89.9 Å². The van der Waals surface area contributed by atoms with E-state index in [2.05, 4.69) is 26.0 Å². The van der Waals surface area contributed by atoms with Gasteiger partial charge in [0.15, 0.2) is 0 Å². The molecule has 0 aromatic rings. The van der Waals surface area contributed by atoms with Gasteiger partial charge in [0.05, 0.1) is 0 Å². The summed E-state index contributed by atoms with van der Waals surface area (Å²) in [6.45, 7) is 6.16. The van der Waals surface area contributed by atoms with Gasteiger partial charge in [-0.1, -0.05) is 96.6 Å². The Bertz CT molecular complexity index is 178. The van der Waals surface area contributed by atoms with Crippen LogP contribution in [0, 0.1) is 6.92 Å². The minimum atomic E-state index is 0. The van der Waals surface area contributed by atoms with Gasteiger partial charge in [-0.2, -0.15) is 0 Å². The second-order valence-corrected chi connectivity index (χ2v) is 5.79. The molecule has 0 aromatic carbocycles. The first-order valence-corrected chi connectivity index (χ1v) is 8.86. The second-order valence-electron chi connectivity index (χ2n) is 5.79. The van der Waals surface area contributed by atoms with E-state index in [0.29, 0.717) is 0 Å². The van der Waals surface area contributed by atoms with Crippen LogP contribution < -0.4 is 0 Å². The molecule has 21 heavy (non-hydrogen) atoms. The fourth-order valence-electron chi connectivity index (χ4n) is 2.42. The molecule has 2 heteroatoms. The summed E-state index contributed by atoms with van der Waals surface area (Å²) < 4.78 is 0. The van der Waals surface area contributed by atoms with Crippen molar-refractivity contribution in [2.45, 2.75) is 103 Å². The summed E-state index contributed by atoms with van der Waals surface area (Å²) in [6.07, 6.45) is 25.3. The maximum absolute atomic E-state index is 3.88. The molecule has 0 amide bonds. The third kappa shape index (κ3) is 26.9. The zero-order valence-electron chi connectivity index (χ0n) is 13.5. The van der Waals surface area contributed by atoms with Crippen molar-refractivity contribution in [1.29, 1.82) is 0 Å². The normalized spacial score (nSPS) is 10.4. The number of allylic oxidation sites excluding steroid dienone is 2. The second kappa shape index (κ2) is 26.6. The molecule has 0 aliphatic heterocycles. The third-order valence-corrected chi connectivity index (χ3v) is 3.76. The molecule has 0 atom stereocenters. The van der Waals surface area contributed by atoms with Crippen molar-refractivity contribution in [3.05, 3.63) is 19.1 Å². The molecule has 0 nitrogen and oxygen atoms in total. The predicted molar refractivity (Wildman–Crippen MR) is 104 cm³/mol. The Kier molecular flexibility index (Phi) is 35.0. The molecule has 0 unspecified atom stereocenters. The molecule has 0 aliphatic carbocycles. The van der Waals surface area contributed by atoms with E-state index in [4.69, 9.17) is 0 Å². The van der Waals surface area contributed by atoms with Crippen molar-refractivity contribution in [3.63, 3.8) is 0 Å². The van der Waals surface area contributed by atoms with Crippen LogP contribution in [0.1, 0.15) is 103 Å². The molecule has 0 N–H and O–H groups in total. The van der Waals surface area contributed by atoms with Crippen LogP contribution in [0.4, 0.5) is 0 Å². The van der Waals surface area contributed by atoms with E-state index < -0.39 is 0 Å². The van der Waals surface area contributed by atoms with Crippen LogP contribution in [-0.4, -0.2) is 59.1 Å². The van der Waals surface area contributed by atoms with Crippen LogP contribution in [0.3, 0.4) is 0 Å². The van der Waals surface area contributed by atoms with E-state index in [-0.39, 0.29) is 59.1 Å². The predicted octanol–water partition coefficient (Wildman–Crippen LogP) is 5.95. The van der Waals surface area contributed by atoms with Crippen LogP contribution in [0.5, 0.6) is 0 Å². The fraction of sp³-hybridized carbons (Fsp3) is 0.842. The summed E-state index contributed by atoms with van der Waals surface area (Å²) in [5.74, 6) is 0. The van der Waals surface area contributed by atoms with E-state index in [1.54, 1.807) is 0 Å². The topological polar surface area (TPSA) is 0 Å². The van der Waals surface area contributed by atoms with Crippen molar-refractivity contribution in [2.75, 3.05) is 0 Å². The van der Waals surface area contributed by atoms with E-state index >= 15 is 0 Å². The van der Waals surface area contributed by atoms with Crippen molar-refractivity contribution in [3.8, 4) is 0 Å². The SMILES string of the molecule is [CH2]CCCCCCCC/C=C\CCCCCCCC.[NaH].[NaH]. The number of rotatable bonds is 15. The summed E-state index contributed by atoms with van der Waals surface area (Å²) in [5, 5.41) is 0. The Hall–Kier alpha value is 1.74. The van der Waals surface area contributed by atoms with Gasteiger partial charge >= 0.3 is 59.1 Å². The van der Waals surface area contributed by atoms with E-state index in [1.807, 2.05) is 0 Å². The number of hydrogen-bond donors (Lipinski definition) is 0. The Morgan fingerprint density at radius 3 is 1.38 bits per heavy atom. The Balaban J connectivity index is -0.00000162. The van der Waals surface area contributed by atoms with Crippen LogP contribution in [0.15, 0.2) is 12.2 Å². The average Bonchev–Trinajstić information content (AvgIpc) is 2.43. The molecule has 0 bridgehead atoms.